The van der Waals surface area contributed by atoms with E-state index in [1.165, 1.54) is 77.4 Å². The van der Waals surface area contributed by atoms with Gasteiger partial charge >= 0.3 is 0 Å². The van der Waals surface area contributed by atoms with Gasteiger partial charge < -0.3 is 10.2 Å². The van der Waals surface area contributed by atoms with Crippen molar-refractivity contribution in [1.29, 1.82) is 0 Å². The van der Waals surface area contributed by atoms with Crippen molar-refractivity contribution in [3.05, 3.63) is 0 Å². The van der Waals surface area contributed by atoms with Crippen molar-refractivity contribution < 1.29 is 0 Å². The minimum atomic E-state index is 0.823. The molecule has 2 fully saturated rings. The summed E-state index contributed by atoms with van der Waals surface area (Å²) >= 11 is 0. The Morgan fingerprint density at radius 3 is 2.29 bits per heavy atom. The molecule has 0 unspecified atom stereocenters. The molecule has 0 aromatic heterocycles. The van der Waals surface area contributed by atoms with Crippen LogP contribution in [0.4, 0.5) is 0 Å². The van der Waals surface area contributed by atoms with E-state index >= 15 is 0 Å². The number of likely N-dealkylation sites (N-methyl/N-ethyl adjacent to an activating group) is 1. The van der Waals surface area contributed by atoms with Crippen molar-refractivity contribution in [3.63, 3.8) is 0 Å². The molecule has 2 aliphatic carbocycles. The fourth-order valence-electron chi connectivity index (χ4n) is 3.49. The van der Waals surface area contributed by atoms with Gasteiger partial charge in [-0.3, -0.25) is 0 Å². The molecule has 2 aliphatic rings. The molecular weight excluding hydrogens is 208 g/mol. The van der Waals surface area contributed by atoms with E-state index in [2.05, 4.69) is 17.3 Å². The van der Waals surface area contributed by atoms with Crippen LogP contribution in [0.25, 0.3) is 0 Å². The molecular formula is C15H30N2. The number of hydrogen-bond acceptors (Lipinski definition) is 2. The third kappa shape index (κ3) is 4.97. The molecule has 100 valence electrons. The lowest BCUT2D eigenvalue weighted by molar-refractivity contribution is 0.266. The molecule has 0 radical (unpaired) electrons. The van der Waals surface area contributed by atoms with Gasteiger partial charge in [0.25, 0.3) is 0 Å². The molecule has 2 rings (SSSR count). The van der Waals surface area contributed by atoms with E-state index in [1.54, 1.807) is 0 Å². The number of nitrogens with zero attached hydrogens (tertiary/aromatic N) is 1. The maximum absolute atomic E-state index is 3.74. The minimum Gasteiger partial charge on any atom is -0.313 e. The first kappa shape index (κ1) is 13.4. The van der Waals surface area contributed by atoms with E-state index in [9.17, 15) is 0 Å². The van der Waals surface area contributed by atoms with Gasteiger partial charge in [0, 0.05) is 25.7 Å². The smallest absolute Gasteiger partial charge is 0.0104 e. The maximum atomic E-state index is 3.74. The molecule has 0 saturated heterocycles. The van der Waals surface area contributed by atoms with Crippen LogP contribution in [0.2, 0.25) is 0 Å². The highest BCUT2D eigenvalue weighted by atomic mass is 15.1. The Morgan fingerprint density at radius 2 is 1.59 bits per heavy atom. The summed E-state index contributed by atoms with van der Waals surface area (Å²) < 4.78 is 0. The number of nitrogens with one attached hydrogen (secondary N) is 1. The Morgan fingerprint density at radius 1 is 0.941 bits per heavy atom. The van der Waals surface area contributed by atoms with Gasteiger partial charge in [0.05, 0.1) is 0 Å². The zero-order valence-corrected chi connectivity index (χ0v) is 11.6. The molecule has 0 spiro atoms. The van der Waals surface area contributed by atoms with Crippen molar-refractivity contribution >= 4 is 0 Å². The van der Waals surface area contributed by atoms with Gasteiger partial charge in [0.2, 0.25) is 0 Å². The van der Waals surface area contributed by atoms with Crippen molar-refractivity contribution in [2.24, 2.45) is 5.92 Å². The summed E-state index contributed by atoms with van der Waals surface area (Å²) in [4.78, 5) is 2.53. The Balaban J connectivity index is 1.51. The van der Waals surface area contributed by atoms with Gasteiger partial charge in [0.1, 0.15) is 0 Å². The highest BCUT2D eigenvalue weighted by Crippen LogP contribution is 2.25. The van der Waals surface area contributed by atoms with Crippen LogP contribution in [-0.2, 0) is 0 Å². The summed E-state index contributed by atoms with van der Waals surface area (Å²) in [5, 5.41) is 3.74. The maximum Gasteiger partial charge on any atom is 0.0104 e. The molecule has 2 saturated carbocycles. The first-order chi connectivity index (χ1) is 8.34. The van der Waals surface area contributed by atoms with E-state index in [0.717, 1.165) is 12.0 Å². The highest BCUT2D eigenvalue weighted by Gasteiger charge is 2.17. The third-order valence-electron chi connectivity index (χ3n) is 4.58. The van der Waals surface area contributed by atoms with Gasteiger partial charge in [-0.25, -0.2) is 0 Å². The van der Waals surface area contributed by atoms with E-state index < -0.39 is 0 Å². The van der Waals surface area contributed by atoms with Gasteiger partial charge in [-0.05, 0) is 38.6 Å². The second-order valence-electron chi connectivity index (χ2n) is 6.20. The molecule has 1 N–H and O–H groups in total. The average Bonchev–Trinajstić information content (AvgIpc) is 2.83. The minimum absolute atomic E-state index is 0.823. The molecule has 17 heavy (non-hydrogen) atoms. The molecule has 0 aromatic carbocycles. The summed E-state index contributed by atoms with van der Waals surface area (Å²) in [5.74, 6) is 0.995. The summed E-state index contributed by atoms with van der Waals surface area (Å²) in [6.45, 7) is 3.74. The standard InChI is InChI=1S/C15H30N2/c1-17(13-14-7-5-6-8-14)12-11-16-15-9-3-2-4-10-15/h14-16H,2-13H2,1H3. The largest absolute Gasteiger partial charge is 0.313 e. The lowest BCUT2D eigenvalue weighted by Crippen LogP contribution is -2.38. The summed E-state index contributed by atoms with van der Waals surface area (Å²) in [5.41, 5.74) is 0. The fraction of sp³-hybridized carbons (Fsp3) is 1.00. The molecule has 2 nitrogen and oxygen atoms in total. The van der Waals surface area contributed by atoms with Crippen LogP contribution in [0.3, 0.4) is 0 Å². The lowest BCUT2D eigenvalue weighted by Gasteiger charge is -2.25. The third-order valence-corrected chi connectivity index (χ3v) is 4.58. The Kier molecular flexibility index (Phi) is 5.79. The van der Waals surface area contributed by atoms with Crippen LogP contribution in [0.1, 0.15) is 57.8 Å². The van der Waals surface area contributed by atoms with Crippen molar-refractivity contribution in [2.45, 2.75) is 63.8 Å². The molecule has 0 heterocycles. The topological polar surface area (TPSA) is 15.3 Å². The Labute approximate surface area is 107 Å². The van der Waals surface area contributed by atoms with Crippen molar-refractivity contribution in [1.82, 2.24) is 10.2 Å². The molecule has 0 amide bonds. The predicted molar refractivity (Wildman–Crippen MR) is 74.3 cm³/mol. The summed E-state index contributed by atoms with van der Waals surface area (Å²) in [6.07, 6.45) is 13.0. The van der Waals surface area contributed by atoms with Crippen LogP contribution in [0, 0.1) is 5.92 Å². The zero-order chi connectivity index (χ0) is 11.9. The van der Waals surface area contributed by atoms with Gasteiger partial charge in [-0.15, -0.1) is 0 Å². The van der Waals surface area contributed by atoms with Crippen LogP contribution in [-0.4, -0.2) is 37.6 Å². The van der Waals surface area contributed by atoms with Crippen LogP contribution >= 0.6 is 0 Å². The van der Waals surface area contributed by atoms with Gasteiger partial charge in [0.15, 0.2) is 0 Å². The predicted octanol–water partition coefficient (Wildman–Crippen LogP) is 3.03. The highest BCUT2D eigenvalue weighted by molar-refractivity contribution is 4.74. The second-order valence-corrected chi connectivity index (χ2v) is 6.20. The lowest BCUT2D eigenvalue weighted by atomic mass is 9.95. The van der Waals surface area contributed by atoms with Crippen molar-refractivity contribution in [3.8, 4) is 0 Å². The molecule has 0 atom stereocenters. The van der Waals surface area contributed by atoms with E-state index in [-0.39, 0.29) is 0 Å². The molecule has 0 bridgehead atoms. The molecule has 2 heteroatoms. The first-order valence-electron chi connectivity index (χ1n) is 7.76. The fourth-order valence-corrected chi connectivity index (χ4v) is 3.49. The Hall–Kier alpha value is -0.0800. The molecule has 0 aliphatic heterocycles. The zero-order valence-electron chi connectivity index (χ0n) is 11.6. The average molecular weight is 238 g/mol. The van der Waals surface area contributed by atoms with E-state index in [4.69, 9.17) is 0 Å². The first-order valence-corrected chi connectivity index (χ1v) is 7.76. The van der Waals surface area contributed by atoms with Crippen molar-refractivity contribution in [2.75, 3.05) is 26.7 Å². The van der Waals surface area contributed by atoms with Gasteiger partial charge in [-0.2, -0.15) is 0 Å². The second kappa shape index (κ2) is 7.38. The normalized spacial score (nSPS) is 23.6. The summed E-state index contributed by atoms with van der Waals surface area (Å²) in [6, 6.07) is 0.823. The van der Waals surface area contributed by atoms with Crippen LogP contribution in [0.15, 0.2) is 0 Å². The van der Waals surface area contributed by atoms with Gasteiger partial charge in [-0.1, -0.05) is 32.1 Å². The molecule has 0 aromatic rings. The number of hydrogen-bond donors (Lipinski definition) is 1. The number of rotatable bonds is 6. The quantitative estimate of drug-likeness (QED) is 0.765. The van der Waals surface area contributed by atoms with E-state index in [0.29, 0.717) is 0 Å². The summed E-state index contributed by atoms with van der Waals surface area (Å²) in [7, 11) is 2.29. The monoisotopic (exact) mass is 238 g/mol. The SMILES string of the molecule is CN(CCNC1CCCCC1)CC1CCCC1. The van der Waals surface area contributed by atoms with E-state index in [1.807, 2.05) is 0 Å². The van der Waals surface area contributed by atoms with Crippen LogP contribution < -0.4 is 5.32 Å². The Bertz CT molecular complexity index is 193. The van der Waals surface area contributed by atoms with Crippen LogP contribution in [0.5, 0.6) is 0 Å².